The van der Waals surface area contributed by atoms with Gasteiger partial charge in [-0.05, 0) is 29.8 Å². The molecule has 1 saturated heterocycles. The van der Waals surface area contributed by atoms with Gasteiger partial charge in [-0.1, -0.05) is 78.4 Å². The molecule has 2 heterocycles. The number of carbonyl (C=O) groups is 1. The number of hydrogen-bond acceptors (Lipinski definition) is 2. The first-order chi connectivity index (χ1) is 15.2. The fourth-order valence-corrected chi connectivity index (χ4v) is 4.48. The molecule has 4 aromatic rings. The quantitative estimate of drug-likeness (QED) is 0.396. The third kappa shape index (κ3) is 3.87. The lowest BCUT2D eigenvalue weighted by atomic mass is 10.1. The van der Waals surface area contributed by atoms with Crippen LogP contribution >= 0.6 is 11.6 Å². The minimum Gasteiger partial charge on any atom is -0.324 e. The first-order valence-electron chi connectivity index (χ1n) is 10.4. The van der Waals surface area contributed by atoms with Crippen molar-refractivity contribution in [2.75, 3.05) is 11.4 Å². The molecule has 0 radical (unpaired) electrons. The zero-order chi connectivity index (χ0) is 21.2. The van der Waals surface area contributed by atoms with E-state index in [-0.39, 0.29) is 11.8 Å². The Bertz CT molecular complexity index is 1260. The summed E-state index contributed by atoms with van der Waals surface area (Å²) in [4.78, 5) is 19.6. The van der Waals surface area contributed by atoms with Gasteiger partial charge in [0, 0.05) is 25.4 Å². The highest BCUT2D eigenvalue weighted by Crippen LogP contribution is 2.36. The van der Waals surface area contributed by atoms with Crippen molar-refractivity contribution in [3.63, 3.8) is 0 Å². The fraction of sp³-hybridized carbons (Fsp3) is 0.154. The molecular weight excluding hydrogens is 406 g/mol. The fourth-order valence-electron chi connectivity index (χ4n) is 4.24. The van der Waals surface area contributed by atoms with Crippen molar-refractivity contribution in [1.29, 1.82) is 0 Å². The zero-order valence-corrected chi connectivity index (χ0v) is 17.7. The second-order valence-corrected chi connectivity index (χ2v) is 8.15. The van der Waals surface area contributed by atoms with E-state index in [1.54, 1.807) is 4.90 Å². The minimum atomic E-state index is 0.0151. The van der Waals surface area contributed by atoms with E-state index in [1.807, 2.05) is 60.7 Å². The number of halogens is 1. The number of para-hydroxylation sites is 3. The van der Waals surface area contributed by atoms with E-state index in [0.29, 0.717) is 24.5 Å². The molecule has 154 valence electrons. The number of fused-ring (bicyclic) bond motifs is 1. The third-order valence-electron chi connectivity index (χ3n) is 5.72. The molecule has 5 rings (SSSR count). The van der Waals surface area contributed by atoms with Crippen molar-refractivity contribution >= 4 is 40.3 Å². The van der Waals surface area contributed by atoms with Gasteiger partial charge in [0.2, 0.25) is 5.91 Å². The highest BCUT2D eigenvalue weighted by Gasteiger charge is 2.35. The Kier molecular flexibility index (Phi) is 5.31. The highest BCUT2D eigenvalue weighted by atomic mass is 35.5. The second-order valence-electron chi connectivity index (χ2n) is 7.74. The van der Waals surface area contributed by atoms with Gasteiger partial charge in [-0.15, -0.1) is 0 Å². The van der Waals surface area contributed by atoms with Crippen molar-refractivity contribution < 1.29 is 4.79 Å². The normalized spacial score (nSPS) is 16.6. The molecule has 0 unspecified atom stereocenters. The summed E-state index contributed by atoms with van der Waals surface area (Å²) in [6.07, 6.45) is 4.70. The van der Waals surface area contributed by atoms with Crippen LogP contribution in [0.1, 0.15) is 23.7 Å². The standard InChI is InChI=1S/C26H22ClN3O/c27-21-12-4-6-14-23(21)30-18-20(17-25(30)31)26-28-22-13-5-7-15-24(22)29(26)16-8-11-19-9-2-1-3-10-19/h1-15,20H,16-18H2/b11-8+/t20-/m0/s1. The SMILES string of the molecule is O=C1C[C@H](c2nc3ccccc3n2C/C=C/c2ccccc2)CN1c1ccccc1Cl. The lowest BCUT2D eigenvalue weighted by Gasteiger charge is -2.18. The third-order valence-corrected chi connectivity index (χ3v) is 6.03. The predicted octanol–water partition coefficient (Wildman–Crippen LogP) is 5.92. The molecule has 31 heavy (non-hydrogen) atoms. The Morgan fingerprint density at radius 3 is 2.55 bits per heavy atom. The largest absolute Gasteiger partial charge is 0.324 e. The lowest BCUT2D eigenvalue weighted by molar-refractivity contribution is -0.117. The molecule has 4 nitrogen and oxygen atoms in total. The number of carbonyl (C=O) groups excluding carboxylic acids is 1. The van der Waals surface area contributed by atoms with Crippen LogP contribution in [-0.2, 0) is 11.3 Å². The van der Waals surface area contributed by atoms with E-state index in [4.69, 9.17) is 16.6 Å². The van der Waals surface area contributed by atoms with Crippen LogP contribution in [0.4, 0.5) is 5.69 Å². The van der Waals surface area contributed by atoms with Crippen LogP contribution < -0.4 is 4.90 Å². The van der Waals surface area contributed by atoms with Crippen molar-refractivity contribution in [3.8, 4) is 0 Å². The van der Waals surface area contributed by atoms with Crippen molar-refractivity contribution in [1.82, 2.24) is 9.55 Å². The summed E-state index contributed by atoms with van der Waals surface area (Å²) < 4.78 is 2.23. The van der Waals surface area contributed by atoms with Gasteiger partial charge >= 0.3 is 0 Å². The van der Waals surface area contributed by atoms with E-state index in [1.165, 1.54) is 0 Å². The van der Waals surface area contributed by atoms with Gasteiger partial charge in [0.25, 0.3) is 0 Å². The average Bonchev–Trinajstić information content (AvgIpc) is 3.35. The summed E-state index contributed by atoms with van der Waals surface area (Å²) in [7, 11) is 0. The molecule has 0 N–H and O–H groups in total. The monoisotopic (exact) mass is 427 g/mol. The lowest BCUT2D eigenvalue weighted by Crippen LogP contribution is -2.24. The molecule has 5 heteroatoms. The molecule has 1 fully saturated rings. The average molecular weight is 428 g/mol. The summed E-state index contributed by atoms with van der Waals surface area (Å²) in [6, 6.07) is 25.9. The summed E-state index contributed by atoms with van der Waals surface area (Å²) in [6.45, 7) is 1.27. The maximum atomic E-state index is 12.9. The molecule has 1 aliphatic rings. The molecular formula is C26H22ClN3O. The van der Waals surface area contributed by atoms with Crippen LogP contribution in [0.25, 0.3) is 17.1 Å². The van der Waals surface area contributed by atoms with Crippen LogP contribution in [0, 0.1) is 0 Å². The molecule has 0 saturated carbocycles. The van der Waals surface area contributed by atoms with Crippen LogP contribution in [0.3, 0.4) is 0 Å². The number of hydrogen-bond donors (Lipinski definition) is 0. The number of aromatic nitrogens is 2. The number of amides is 1. The van der Waals surface area contributed by atoms with Crippen LogP contribution in [-0.4, -0.2) is 22.0 Å². The zero-order valence-electron chi connectivity index (χ0n) is 17.0. The molecule has 0 spiro atoms. The first kappa shape index (κ1) is 19.6. The molecule has 0 bridgehead atoms. The first-order valence-corrected chi connectivity index (χ1v) is 10.8. The topological polar surface area (TPSA) is 38.1 Å². The Hall–Kier alpha value is -3.37. The molecule has 1 aromatic heterocycles. The number of nitrogens with zero attached hydrogens (tertiary/aromatic N) is 3. The van der Waals surface area contributed by atoms with E-state index in [9.17, 15) is 4.79 Å². The van der Waals surface area contributed by atoms with Gasteiger partial charge in [0.05, 0.1) is 21.7 Å². The minimum absolute atomic E-state index is 0.0151. The maximum Gasteiger partial charge on any atom is 0.227 e. The van der Waals surface area contributed by atoms with Gasteiger partial charge in [-0.25, -0.2) is 4.98 Å². The summed E-state index contributed by atoms with van der Waals surface area (Å²) in [5, 5.41) is 0.593. The Morgan fingerprint density at radius 1 is 0.968 bits per heavy atom. The number of allylic oxidation sites excluding steroid dienone is 1. The molecule has 1 aliphatic heterocycles. The van der Waals surface area contributed by atoms with Gasteiger partial charge < -0.3 is 9.47 Å². The second kappa shape index (κ2) is 8.40. The van der Waals surface area contributed by atoms with Gasteiger partial charge in [0.1, 0.15) is 5.82 Å². The van der Waals surface area contributed by atoms with Crippen molar-refractivity contribution in [2.45, 2.75) is 18.9 Å². The van der Waals surface area contributed by atoms with Crippen LogP contribution in [0.5, 0.6) is 0 Å². The summed E-state index contributed by atoms with van der Waals surface area (Å²) >= 11 is 6.36. The number of anilines is 1. The van der Waals surface area contributed by atoms with Crippen molar-refractivity contribution in [2.24, 2.45) is 0 Å². The smallest absolute Gasteiger partial charge is 0.227 e. The van der Waals surface area contributed by atoms with E-state index < -0.39 is 0 Å². The van der Waals surface area contributed by atoms with Crippen LogP contribution in [0.15, 0.2) is 84.9 Å². The predicted molar refractivity (Wildman–Crippen MR) is 126 cm³/mol. The van der Waals surface area contributed by atoms with E-state index >= 15 is 0 Å². The Labute approximate surface area is 186 Å². The summed E-state index contributed by atoms with van der Waals surface area (Å²) in [5.74, 6) is 1.04. The molecule has 1 amide bonds. The molecule has 0 aliphatic carbocycles. The Morgan fingerprint density at radius 2 is 1.71 bits per heavy atom. The Balaban J connectivity index is 1.47. The molecule has 1 atom stereocenters. The molecule has 3 aromatic carbocycles. The van der Waals surface area contributed by atoms with Crippen LogP contribution in [0.2, 0.25) is 5.02 Å². The van der Waals surface area contributed by atoms with Gasteiger partial charge in [0.15, 0.2) is 0 Å². The number of rotatable bonds is 5. The van der Waals surface area contributed by atoms with Crippen molar-refractivity contribution in [3.05, 3.63) is 101 Å². The maximum absolute atomic E-state index is 12.9. The van der Waals surface area contributed by atoms with E-state index in [2.05, 4.69) is 34.9 Å². The summed E-state index contributed by atoms with van der Waals surface area (Å²) in [5.41, 5.74) is 3.96. The highest BCUT2D eigenvalue weighted by molar-refractivity contribution is 6.33. The van der Waals surface area contributed by atoms with E-state index in [0.717, 1.165) is 28.1 Å². The number of benzene rings is 3. The van der Waals surface area contributed by atoms with Gasteiger partial charge in [-0.2, -0.15) is 0 Å². The van der Waals surface area contributed by atoms with Gasteiger partial charge in [-0.3, -0.25) is 4.79 Å². The number of imidazole rings is 1.